The lowest BCUT2D eigenvalue weighted by atomic mass is 9.92. The summed E-state index contributed by atoms with van der Waals surface area (Å²) in [6.07, 6.45) is 0.737. The SMILES string of the molecule is Cc1cccc2c1C1CS(=O)(=O)CCC1N2. The van der Waals surface area contributed by atoms with Crippen LogP contribution in [-0.2, 0) is 9.84 Å². The number of rotatable bonds is 0. The molecule has 0 spiro atoms. The van der Waals surface area contributed by atoms with Gasteiger partial charge in [0.15, 0.2) is 9.84 Å². The molecule has 0 radical (unpaired) electrons. The van der Waals surface area contributed by atoms with Gasteiger partial charge in [-0.05, 0) is 30.5 Å². The van der Waals surface area contributed by atoms with Crippen molar-refractivity contribution in [2.75, 3.05) is 16.8 Å². The topological polar surface area (TPSA) is 46.2 Å². The molecule has 1 fully saturated rings. The van der Waals surface area contributed by atoms with Crippen molar-refractivity contribution in [2.24, 2.45) is 0 Å². The zero-order valence-electron chi connectivity index (χ0n) is 9.23. The van der Waals surface area contributed by atoms with Crippen LogP contribution in [0.25, 0.3) is 0 Å². The van der Waals surface area contributed by atoms with E-state index in [2.05, 4.69) is 18.3 Å². The molecule has 1 aromatic carbocycles. The van der Waals surface area contributed by atoms with Gasteiger partial charge in [-0.3, -0.25) is 0 Å². The number of sulfone groups is 1. The first-order valence-corrected chi connectivity index (χ1v) is 7.45. The summed E-state index contributed by atoms with van der Waals surface area (Å²) in [5.74, 6) is 0.798. The summed E-state index contributed by atoms with van der Waals surface area (Å²) in [6, 6.07) is 6.45. The minimum atomic E-state index is -2.84. The quantitative estimate of drug-likeness (QED) is 0.747. The van der Waals surface area contributed by atoms with E-state index < -0.39 is 9.84 Å². The second-order valence-electron chi connectivity index (χ2n) is 4.80. The highest BCUT2D eigenvalue weighted by molar-refractivity contribution is 7.91. The third-order valence-electron chi connectivity index (χ3n) is 3.69. The second-order valence-corrected chi connectivity index (χ2v) is 7.03. The van der Waals surface area contributed by atoms with Crippen molar-refractivity contribution in [3.8, 4) is 0 Å². The highest BCUT2D eigenvalue weighted by Gasteiger charge is 2.40. The van der Waals surface area contributed by atoms with Gasteiger partial charge in [0.2, 0.25) is 0 Å². The van der Waals surface area contributed by atoms with Crippen molar-refractivity contribution >= 4 is 15.5 Å². The minimum absolute atomic E-state index is 0.162. The minimum Gasteiger partial charge on any atom is -0.381 e. The molecule has 86 valence electrons. The molecule has 2 atom stereocenters. The summed E-state index contributed by atoms with van der Waals surface area (Å²) in [6.45, 7) is 2.06. The van der Waals surface area contributed by atoms with E-state index in [1.807, 2.05) is 12.1 Å². The molecule has 2 aliphatic heterocycles. The molecule has 0 aromatic heterocycles. The van der Waals surface area contributed by atoms with Gasteiger partial charge in [-0.15, -0.1) is 0 Å². The molecule has 0 amide bonds. The molecule has 1 N–H and O–H groups in total. The summed E-state index contributed by atoms with van der Waals surface area (Å²) in [4.78, 5) is 0. The van der Waals surface area contributed by atoms with E-state index >= 15 is 0 Å². The van der Waals surface area contributed by atoms with Crippen LogP contribution in [0.2, 0.25) is 0 Å². The van der Waals surface area contributed by atoms with E-state index in [-0.39, 0.29) is 5.92 Å². The lowest BCUT2D eigenvalue weighted by molar-refractivity contribution is 0.538. The van der Waals surface area contributed by atoms with Crippen LogP contribution in [0.3, 0.4) is 0 Å². The van der Waals surface area contributed by atoms with E-state index in [1.54, 1.807) is 0 Å². The van der Waals surface area contributed by atoms with Gasteiger partial charge in [0, 0.05) is 17.6 Å². The predicted molar refractivity (Wildman–Crippen MR) is 64.6 cm³/mol. The first-order valence-electron chi connectivity index (χ1n) is 5.63. The highest BCUT2D eigenvalue weighted by atomic mass is 32.2. The van der Waals surface area contributed by atoms with Crippen molar-refractivity contribution in [1.82, 2.24) is 0 Å². The molecule has 1 saturated heterocycles. The summed E-state index contributed by atoms with van der Waals surface area (Å²) >= 11 is 0. The summed E-state index contributed by atoms with van der Waals surface area (Å²) < 4.78 is 23.4. The van der Waals surface area contributed by atoms with E-state index in [4.69, 9.17) is 0 Å². The molecular formula is C12H15NO2S. The molecule has 4 heteroatoms. The Kier molecular flexibility index (Phi) is 2.05. The summed E-state index contributed by atoms with van der Waals surface area (Å²) in [7, 11) is -2.84. The lowest BCUT2D eigenvalue weighted by Crippen LogP contribution is -2.35. The third kappa shape index (κ3) is 1.44. The molecule has 2 unspecified atom stereocenters. The average Bonchev–Trinajstić information content (AvgIpc) is 2.55. The van der Waals surface area contributed by atoms with Gasteiger partial charge in [-0.2, -0.15) is 0 Å². The number of benzene rings is 1. The van der Waals surface area contributed by atoms with Crippen molar-refractivity contribution in [2.45, 2.75) is 25.3 Å². The Morgan fingerprint density at radius 3 is 3.00 bits per heavy atom. The third-order valence-corrected chi connectivity index (χ3v) is 5.42. The van der Waals surface area contributed by atoms with Gasteiger partial charge in [-0.1, -0.05) is 12.1 Å². The maximum atomic E-state index is 11.7. The molecule has 2 heterocycles. The zero-order chi connectivity index (χ0) is 11.3. The normalized spacial score (nSPS) is 30.3. The Morgan fingerprint density at radius 1 is 1.38 bits per heavy atom. The average molecular weight is 237 g/mol. The van der Waals surface area contributed by atoms with E-state index in [9.17, 15) is 8.42 Å². The molecule has 3 nitrogen and oxygen atoms in total. The number of fused-ring (bicyclic) bond motifs is 3. The van der Waals surface area contributed by atoms with Crippen LogP contribution in [0, 0.1) is 6.92 Å². The molecule has 0 saturated carbocycles. The summed E-state index contributed by atoms with van der Waals surface area (Å²) in [5.41, 5.74) is 3.55. The number of hydrogen-bond acceptors (Lipinski definition) is 3. The smallest absolute Gasteiger partial charge is 0.151 e. The van der Waals surface area contributed by atoms with Crippen LogP contribution in [-0.4, -0.2) is 26.0 Å². The second kappa shape index (κ2) is 3.23. The molecule has 16 heavy (non-hydrogen) atoms. The van der Waals surface area contributed by atoms with Crippen LogP contribution >= 0.6 is 0 Å². The Hall–Kier alpha value is -1.03. The first-order chi connectivity index (χ1) is 7.57. The Bertz CT molecular complexity index is 536. The number of nitrogens with one attached hydrogen (secondary N) is 1. The van der Waals surface area contributed by atoms with Crippen LogP contribution in [0.15, 0.2) is 18.2 Å². The number of aryl methyl sites for hydroxylation is 1. The number of hydrogen-bond donors (Lipinski definition) is 1. The van der Waals surface area contributed by atoms with Crippen molar-refractivity contribution in [3.63, 3.8) is 0 Å². The Labute approximate surface area is 95.8 Å². The summed E-state index contributed by atoms with van der Waals surface area (Å²) in [5, 5.41) is 3.45. The molecule has 0 bridgehead atoms. The van der Waals surface area contributed by atoms with Gasteiger partial charge in [-0.25, -0.2) is 8.42 Å². The fraction of sp³-hybridized carbons (Fsp3) is 0.500. The van der Waals surface area contributed by atoms with Gasteiger partial charge < -0.3 is 5.32 Å². The highest BCUT2D eigenvalue weighted by Crippen LogP contribution is 2.42. The fourth-order valence-electron chi connectivity index (χ4n) is 2.94. The van der Waals surface area contributed by atoms with Crippen LogP contribution in [0.5, 0.6) is 0 Å². The van der Waals surface area contributed by atoms with Crippen LogP contribution < -0.4 is 5.32 Å². The molecule has 0 aliphatic carbocycles. The van der Waals surface area contributed by atoms with Crippen LogP contribution in [0.1, 0.15) is 23.5 Å². The maximum absolute atomic E-state index is 11.7. The molecule has 3 rings (SSSR count). The van der Waals surface area contributed by atoms with Crippen LogP contribution in [0.4, 0.5) is 5.69 Å². The standard InChI is InChI=1S/C12H15NO2S/c1-8-3-2-4-11-12(8)9-7-16(14,15)6-5-10(9)13-11/h2-4,9-10,13H,5-7H2,1H3. The van der Waals surface area contributed by atoms with E-state index in [0.29, 0.717) is 17.5 Å². The van der Waals surface area contributed by atoms with Gasteiger partial charge >= 0.3 is 0 Å². The maximum Gasteiger partial charge on any atom is 0.151 e. The van der Waals surface area contributed by atoms with Crippen molar-refractivity contribution in [3.05, 3.63) is 29.3 Å². The Balaban J connectivity index is 2.08. The Morgan fingerprint density at radius 2 is 2.19 bits per heavy atom. The van der Waals surface area contributed by atoms with E-state index in [0.717, 1.165) is 12.1 Å². The zero-order valence-corrected chi connectivity index (χ0v) is 10.0. The van der Waals surface area contributed by atoms with Crippen molar-refractivity contribution in [1.29, 1.82) is 0 Å². The monoisotopic (exact) mass is 237 g/mol. The lowest BCUT2D eigenvalue weighted by Gasteiger charge is -2.25. The molecule has 1 aromatic rings. The van der Waals surface area contributed by atoms with Gasteiger partial charge in [0.1, 0.15) is 0 Å². The number of anilines is 1. The first kappa shape index (κ1) is 10.1. The predicted octanol–water partition coefficient (Wildman–Crippen LogP) is 1.69. The van der Waals surface area contributed by atoms with Crippen molar-refractivity contribution < 1.29 is 8.42 Å². The molecular weight excluding hydrogens is 222 g/mol. The van der Waals surface area contributed by atoms with E-state index in [1.165, 1.54) is 11.1 Å². The molecule has 2 aliphatic rings. The van der Waals surface area contributed by atoms with Gasteiger partial charge in [0.05, 0.1) is 11.5 Å². The fourth-order valence-corrected chi connectivity index (χ4v) is 4.66. The largest absolute Gasteiger partial charge is 0.381 e. The van der Waals surface area contributed by atoms with Gasteiger partial charge in [0.25, 0.3) is 0 Å².